The van der Waals surface area contributed by atoms with E-state index in [-0.39, 0.29) is 0 Å². The minimum atomic E-state index is -0.421. The lowest BCUT2D eigenvalue weighted by Crippen LogP contribution is -2.10. The van der Waals surface area contributed by atoms with E-state index in [2.05, 4.69) is 0 Å². The zero-order chi connectivity index (χ0) is 10.1. The summed E-state index contributed by atoms with van der Waals surface area (Å²) >= 11 is 1.45. The highest BCUT2D eigenvalue weighted by atomic mass is 32.1. The van der Waals surface area contributed by atoms with Crippen LogP contribution in [0.25, 0.3) is 10.6 Å². The fraction of sp³-hybridized carbons (Fsp3) is 0.100. The Morgan fingerprint density at radius 3 is 2.79 bits per heavy atom. The van der Waals surface area contributed by atoms with Gasteiger partial charge in [-0.1, -0.05) is 0 Å². The van der Waals surface area contributed by atoms with Gasteiger partial charge in [-0.25, -0.2) is 0 Å². The second kappa shape index (κ2) is 3.31. The number of rotatable bonds is 2. The first-order valence-electron chi connectivity index (χ1n) is 4.12. The zero-order valence-electron chi connectivity index (χ0n) is 7.61. The van der Waals surface area contributed by atoms with Gasteiger partial charge in [0.15, 0.2) is 0 Å². The Kier molecular flexibility index (Phi) is 2.13. The van der Waals surface area contributed by atoms with Crippen LogP contribution >= 0.6 is 11.3 Å². The van der Waals surface area contributed by atoms with E-state index in [4.69, 9.17) is 10.2 Å². The third-order valence-corrected chi connectivity index (χ3v) is 2.82. The maximum absolute atomic E-state index is 11.1. The predicted octanol–water partition coefficient (Wildman–Crippen LogP) is 2.42. The van der Waals surface area contributed by atoms with Gasteiger partial charge in [-0.15, -0.1) is 11.3 Å². The number of primary amides is 1. The molecule has 2 aromatic heterocycles. The van der Waals surface area contributed by atoms with E-state index in [0.717, 1.165) is 10.6 Å². The second-order valence-corrected chi connectivity index (χ2v) is 3.85. The van der Waals surface area contributed by atoms with Gasteiger partial charge in [0, 0.05) is 0 Å². The molecule has 0 radical (unpaired) electrons. The van der Waals surface area contributed by atoms with Crippen LogP contribution in [0.1, 0.15) is 16.1 Å². The molecule has 0 aliphatic rings. The Balaban J connectivity index is 2.51. The number of furan rings is 1. The molecule has 0 spiro atoms. The molecular weight excluding hydrogens is 198 g/mol. The Bertz CT molecular complexity index is 470. The Labute approximate surface area is 85.2 Å². The molecule has 0 aromatic carbocycles. The van der Waals surface area contributed by atoms with Crippen molar-refractivity contribution in [2.45, 2.75) is 6.92 Å². The van der Waals surface area contributed by atoms with Gasteiger partial charge in [0.25, 0.3) is 0 Å². The second-order valence-electron chi connectivity index (χ2n) is 2.94. The van der Waals surface area contributed by atoms with Crippen LogP contribution in [0.4, 0.5) is 0 Å². The van der Waals surface area contributed by atoms with Gasteiger partial charge < -0.3 is 10.2 Å². The summed E-state index contributed by atoms with van der Waals surface area (Å²) in [4.78, 5) is 11.8. The summed E-state index contributed by atoms with van der Waals surface area (Å²) in [6, 6.07) is 5.41. The number of hydrogen-bond acceptors (Lipinski definition) is 3. The molecule has 0 saturated heterocycles. The molecule has 0 fully saturated rings. The summed E-state index contributed by atoms with van der Waals surface area (Å²) in [7, 11) is 0. The van der Waals surface area contributed by atoms with E-state index in [1.807, 2.05) is 24.4 Å². The van der Waals surface area contributed by atoms with Crippen LogP contribution in [0.5, 0.6) is 0 Å². The van der Waals surface area contributed by atoms with Crippen LogP contribution in [0.3, 0.4) is 0 Å². The highest BCUT2D eigenvalue weighted by molar-refractivity contribution is 7.14. The van der Waals surface area contributed by atoms with Crippen LogP contribution in [0, 0.1) is 6.92 Å². The molecular formula is C10H9NO2S. The van der Waals surface area contributed by atoms with Gasteiger partial charge in [-0.05, 0) is 30.5 Å². The van der Waals surface area contributed by atoms with Crippen molar-refractivity contribution in [3.05, 3.63) is 34.9 Å². The molecule has 4 heteroatoms. The molecule has 3 nitrogen and oxygen atoms in total. The standard InChI is InChI=1S/C10H9NO2S/c1-6-2-3-8(13-6)9-7(10(11)12)4-5-14-9/h2-5H,1H3,(H2,11,12). The van der Waals surface area contributed by atoms with Crippen LogP contribution in [-0.2, 0) is 0 Å². The molecule has 0 atom stereocenters. The average Bonchev–Trinajstić information content (AvgIpc) is 2.70. The molecule has 2 rings (SSSR count). The predicted molar refractivity (Wildman–Crippen MR) is 55.3 cm³/mol. The van der Waals surface area contributed by atoms with Crippen molar-refractivity contribution in [2.75, 3.05) is 0 Å². The van der Waals surface area contributed by atoms with Crippen molar-refractivity contribution in [2.24, 2.45) is 5.73 Å². The van der Waals surface area contributed by atoms with Crippen LogP contribution in [0.2, 0.25) is 0 Å². The molecule has 0 aliphatic heterocycles. The molecule has 2 heterocycles. The molecule has 0 saturated carbocycles. The summed E-state index contributed by atoms with van der Waals surface area (Å²) in [6.07, 6.45) is 0. The van der Waals surface area contributed by atoms with Gasteiger partial charge in [-0.3, -0.25) is 4.79 Å². The van der Waals surface area contributed by atoms with Crippen molar-refractivity contribution in [3.8, 4) is 10.6 Å². The molecule has 0 bridgehead atoms. The normalized spacial score (nSPS) is 10.4. The molecule has 2 N–H and O–H groups in total. The fourth-order valence-electron chi connectivity index (χ4n) is 1.25. The first kappa shape index (κ1) is 9.02. The van der Waals surface area contributed by atoms with E-state index in [0.29, 0.717) is 11.3 Å². The average molecular weight is 207 g/mol. The van der Waals surface area contributed by atoms with Crippen molar-refractivity contribution in [3.63, 3.8) is 0 Å². The lowest BCUT2D eigenvalue weighted by Gasteiger charge is -1.95. The minimum absolute atomic E-state index is 0.421. The van der Waals surface area contributed by atoms with E-state index >= 15 is 0 Å². The van der Waals surface area contributed by atoms with Crippen LogP contribution in [-0.4, -0.2) is 5.91 Å². The number of amides is 1. The fourth-order valence-corrected chi connectivity index (χ4v) is 2.11. The number of carbonyl (C=O) groups excluding carboxylic acids is 1. The number of carbonyl (C=O) groups is 1. The number of hydrogen-bond donors (Lipinski definition) is 1. The van der Waals surface area contributed by atoms with Crippen LogP contribution < -0.4 is 5.73 Å². The quantitative estimate of drug-likeness (QED) is 0.822. The molecule has 1 amide bonds. The summed E-state index contributed by atoms with van der Waals surface area (Å²) in [5.41, 5.74) is 5.75. The number of thiophene rings is 1. The summed E-state index contributed by atoms with van der Waals surface area (Å²) in [5, 5.41) is 1.83. The summed E-state index contributed by atoms with van der Waals surface area (Å²) in [5.74, 6) is 1.10. The van der Waals surface area contributed by atoms with Gasteiger partial charge in [0.1, 0.15) is 11.5 Å². The topological polar surface area (TPSA) is 56.2 Å². The van der Waals surface area contributed by atoms with Crippen LogP contribution in [0.15, 0.2) is 28.0 Å². The molecule has 0 unspecified atom stereocenters. The first-order chi connectivity index (χ1) is 6.68. The smallest absolute Gasteiger partial charge is 0.250 e. The summed E-state index contributed by atoms with van der Waals surface area (Å²) < 4.78 is 5.42. The molecule has 14 heavy (non-hydrogen) atoms. The largest absolute Gasteiger partial charge is 0.461 e. The first-order valence-corrected chi connectivity index (χ1v) is 5.00. The lowest BCUT2D eigenvalue weighted by molar-refractivity contribution is 0.100. The molecule has 2 aromatic rings. The number of aryl methyl sites for hydroxylation is 1. The maximum Gasteiger partial charge on any atom is 0.250 e. The third-order valence-electron chi connectivity index (χ3n) is 1.89. The number of nitrogens with two attached hydrogens (primary N) is 1. The van der Waals surface area contributed by atoms with Gasteiger partial charge in [-0.2, -0.15) is 0 Å². The van der Waals surface area contributed by atoms with E-state index in [9.17, 15) is 4.79 Å². The van der Waals surface area contributed by atoms with Gasteiger partial charge >= 0.3 is 0 Å². The van der Waals surface area contributed by atoms with Gasteiger partial charge in [0.2, 0.25) is 5.91 Å². The molecule has 0 aliphatic carbocycles. The lowest BCUT2D eigenvalue weighted by atomic mass is 10.2. The highest BCUT2D eigenvalue weighted by Gasteiger charge is 2.13. The monoisotopic (exact) mass is 207 g/mol. The highest BCUT2D eigenvalue weighted by Crippen LogP contribution is 2.30. The van der Waals surface area contributed by atoms with E-state index in [1.54, 1.807) is 6.07 Å². The Morgan fingerprint density at radius 1 is 1.43 bits per heavy atom. The zero-order valence-corrected chi connectivity index (χ0v) is 8.43. The molecule has 72 valence electrons. The Morgan fingerprint density at radius 2 is 2.21 bits per heavy atom. The van der Waals surface area contributed by atoms with Crippen molar-refractivity contribution < 1.29 is 9.21 Å². The third kappa shape index (κ3) is 1.44. The van der Waals surface area contributed by atoms with Crippen molar-refractivity contribution in [1.29, 1.82) is 0 Å². The minimum Gasteiger partial charge on any atom is -0.461 e. The van der Waals surface area contributed by atoms with Crippen molar-refractivity contribution in [1.82, 2.24) is 0 Å². The summed E-state index contributed by atoms with van der Waals surface area (Å²) in [6.45, 7) is 1.86. The van der Waals surface area contributed by atoms with Crippen molar-refractivity contribution >= 4 is 17.2 Å². The van der Waals surface area contributed by atoms with E-state index < -0.39 is 5.91 Å². The maximum atomic E-state index is 11.1. The van der Waals surface area contributed by atoms with E-state index in [1.165, 1.54) is 11.3 Å². The Hall–Kier alpha value is -1.55. The SMILES string of the molecule is Cc1ccc(-c2sccc2C(N)=O)o1. The van der Waals surface area contributed by atoms with Gasteiger partial charge in [0.05, 0.1) is 10.4 Å².